The highest BCUT2D eigenvalue weighted by atomic mass is 35.5. The molecular formula is C20H11Cl3N2OS. The molecule has 1 N–H and O–H groups in total. The van der Waals surface area contributed by atoms with Gasteiger partial charge in [-0.2, -0.15) is 0 Å². The van der Waals surface area contributed by atoms with E-state index in [9.17, 15) is 4.79 Å². The summed E-state index contributed by atoms with van der Waals surface area (Å²) in [7, 11) is 0. The Kier molecular flexibility index (Phi) is 5.06. The van der Waals surface area contributed by atoms with Gasteiger partial charge in [0, 0.05) is 21.2 Å². The molecule has 3 nitrogen and oxygen atoms in total. The number of nitrogens with zero attached hydrogens (tertiary/aromatic N) is 1. The molecule has 1 amide bonds. The number of rotatable bonds is 3. The zero-order valence-electron chi connectivity index (χ0n) is 13.7. The van der Waals surface area contributed by atoms with Crippen LogP contribution in [0.15, 0.2) is 60.7 Å². The predicted octanol–water partition coefficient (Wildman–Crippen LogP) is 7.18. The Morgan fingerprint density at radius 1 is 0.926 bits per heavy atom. The van der Waals surface area contributed by atoms with Gasteiger partial charge >= 0.3 is 0 Å². The second-order valence-electron chi connectivity index (χ2n) is 5.76. The Bertz CT molecular complexity index is 1140. The van der Waals surface area contributed by atoms with E-state index < -0.39 is 0 Å². The summed E-state index contributed by atoms with van der Waals surface area (Å²) in [4.78, 5) is 17.3. The van der Waals surface area contributed by atoms with Crippen LogP contribution in [0, 0.1) is 0 Å². The molecule has 0 bridgehead atoms. The number of para-hydroxylation sites is 1. The minimum Gasteiger partial charge on any atom is -0.320 e. The van der Waals surface area contributed by atoms with Crippen LogP contribution in [-0.2, 0) is 0 Å². The number of carbonyl (C=O) groups excluding carboxylic acids is 1. The number of nitrogens with one attached hydrogen (secondary N) is 1. The van der Waals surface area contributed by atoms with E-state index in [0.29, 0.717) is 31.9 Å². The zero-order valence-corrected chi connectivity index (χ0v) is 16.8. The van der Waals surface area contributed by atoms with E-state index in [2.05, 4.69) is 10.3 Å². The van der Waals surface area contributed by atoms with Crippen molar-refractivity contribution in [3.05, 3.63) is 81.3 Å². The fourth-order valence-electron chi connectivity index (χ4n) is 2.67. The van der Waals surface area contributed by atoms with E-state index in [0.717, 1.165) is 15.2 Å². The summed E-state index contributed by atoms with van der Waals surface area (Å²) in [6.07, 6.45) is 0. The SMILES string of the molecule is O=C(Nc1c(Cl)cc(Cl)cc1-c1nc2ccccc2s1)c1cccc(Cl)c1. The molecule has 4 rings (SSSR count). The van der Waals surface area contributed by atoms with Crippen LogP contribution in [0.4, 0.5) is 5.69 Å². The largest absolute Gasteiger partial charge is 0.320 e. The quantitative estimate of drug-likeness (QED) is 0.372. The number of aromatic nitrogens is 1. The first-order valence-corrected chi connectivity index (χ1v) is 9.88. The lowest BCUT2D eigenvalue weighted by molar-refractivity contribution is 0.102. The average Bonchev–Trinajstić information content (AvgIpc) is 3.07. The Morgan fingerprint density at radius 2 is 1.74 bits per heavy atom. The summed E-state index contributed by atoms with van der Waals surface area (Å²) >= 11 is 20.1. The molecule has 0 atom stereocenters. The second kappa shape index (κ2) is 7.49. The standard InChI is InChI=1S/C20H11Cl3N2OS/c21-12-5-3-4-11(8-12)19(26)25-18-14(9-13(22)10-15(18)23)20-24-16-6-1-2-7-17(16)27-20/h1-10H,(H,25,26). The lowest BCUT2D eigenvalue weighted by Gasteiger charge is -2.12. The molecule has 1 aromatic heterocycles. The third kappa shape index (κ3) is 3.80. The highest BCUT2D eigenvalue weighted by Crippen LogP contribution is 2.40. The molecular weight excluding hydrogens is 423 g/mol. The molecule has 0 aliphatic heterocycles. The summed E-state index contributed by atoms with van der Waals surface area (Å²) in [6, 6.07) is 17.9. The van der Waals surface area contributed by atoms with E-state index in [4.69, 9.17) is 34.8 Å². The maximum absolute atomic E-state index is 12.7. The van der Waals surface area contributed by atoms with Crippen molar-refractivity contribution < 1.29 is 4.79 Å². The van der Waals surface area contributed by atoms with E-state index in [1.54, 1.807) is 36.4 Å². The molecule has 1 heterocycles. The van der Waals surface area contributed by atoms with Crippen LogP contribution in [-0.4, -0.2) is 10.9 Å². The van der Waals surface area contributed by atoms with Crippen molar-refractivity contribution in [1.29, 1.82) is 0 Å². The van der Waals surface area contributed by atoms with Gasteiger partial charge in [-0.3, -0.25) is 4.79 Å². The average molecular weight is 434 g/mol. The zero-order chi connectivity index (χ0) is 19.0. The molecule has 0 saturated carbocycles. The lowest BCUT2D eigenvalue weighted by Crippen LogP contribution is -2.13. The predicted molar refractivity (Wildman–Crippen MR) is 114 cm³/mol. The van der Waals surface area contributed by atoms with Crippen LogP contribution in [0.1, 0.15) is 10.4 Å². The maximum atomic E-state index is 12.7. The molecule has 134 valence electrons. The van der Waals surface area contributed by atoms with Crippen molar-refractivity contribution in [2.24, 2.45) is 0 Å². The van der Waals surface area contributed by atoms with Gasteiger partial charge in [0.15, 0.2) is 0 Å². The third-order valence-electron chi connectivity index (χ3n) is 3.90. The van der Waals surface area contributed by atoms with Crippen molar-refractivity contribution >= 4 is 68.0 Å². The van der Waals surface area contributed by atoms with Gasteiger partial charge in [0.1, 0.15) is 5.01 Å². The molecule has 0 radical (unpaired) electrons. The molecule has 0 unspecified atom stereocenters. The van der Waals surface area contributed by atoms with Crippen LogP contribution < -0.4 is 5.32 Å². The molecule has 0 saturated heterocycles. The first kappa shape index (κ1) is 18.3. The monoisotopic (exact) mass is 432 g/mol. The number of carbonyl (C=O) groups is 1. The van der Waals surface area contributed by atoms with E-state index >= 15 is 0 Å². The van der Waals surface area contributed by atoms with Gasteiger partial charge in [0.2, 0.25) is 0 Å². The van der Waals surface area contributed by atoms with Crippen LogP contribution in [0.3, 0.4) is 0 Å². The summed E-state index contributed by atoms with van der Waals surface area (Å²) in [5, 5.41) is 4.89. The molecule has 3 aromatic carbocycles. The highest BCUT2D eigenvalue weighted by Gasteiger charge is 2.18. The van der Waals surface area contributed by atoms with Crippen molar-refractivity contribution in [2.45, 2.75) is 0 Å². The number of thiazole rings is 1. The van der Waals surface area contributed by atoms with Crippen LogP contribution in [0.5, 0.6) is 0 Å². The number of anilines is 1. The van der Waals surface area contributed by atoms with E-state index in [1.165, 1.54) is 11.3 Å². The summed E-state index contributed by atoms with van der Waals surface area (Å²) in [5.41, 5.74) is 2.44. The minimum absolute atomic E-state index is 0.316. The molecule has 4 aromatic rings. The van der Waals surface area contributed by atoms with Gasteiger partial charge in [-0.25, -0.2) is 4.98 Å². The normalized spacial score (nSPS) is 10.9. The van der Waals surface area contributed by atoms with E-state index in [-0.39, 0.29) is 5.91 Å². The molecule has 0 fully saturated rings. The van der Waals surface area contributed by atoms with Gasteiger partial charge in [0.25, 0.3) is 5.91 Å². The van der Waals surface area contributed by atoms with Crippen molar-refractivity contribution in [3.63, 3.8) is 0 Å². The van der Waals surface area contributed by atoms with Gasteiger partial charge in [-0.15, -0.1) is 11.3 Å². The molecule has 0 spiro atoms. The van der Waals surface area contributed by atoms with Crippen molar-refractivity contribution in [1.82, 2.24) is 4.98 Å². The number of amides is 1. The number of halogens is 3. The van der Waals surface area contributed by atoms with Crippen LogP contribution in [0.2, 0.25) is 15.1 Å². The Balaban J connectivity index is 1.79. The number of hydrogen-bond acceptors (Lipinski definition) is 3. The third-order valence-corrected chi connectivity index (χ3v) is 5.73. The van der Waals surface area contributed by atoms with Crippen LogP contribution in [0.25, 0.3) is 20.8 Å². The number of benzene rings is 3. The summed E-state index contributed by atoms with van der Waals surface area (Å²) < 4.78 is 1.04. The topological polar surface area (TPSA) is 42.0 Å². The molecule has 0 aliphatic rings. The van der Waals surface area contributed by atoms with Crippen molar-refractivity contribution in [3.8, 4) is 10.6 Å². The summed E-state index contributed by atoms with van der Waals surface area (Å²) in [5.74, 6) is -0.316. The number of hydrogen-bond donors (Lipinski definition) is 1. The number of fused-ring (bicyclic) bond motifs is 1. The van der Waals surface area contributed by atoms with Gasteiger partial charge in [-0.05, 0) is 42.5 Å². The Labute approximate surface area is 174 Å². The van der Waals surface area contributed by atoms with Gasteiger partial charge in [0.05, 0.1) is 20.9 Å². The van der Waals surface area contributed by atoms with E-state index in [1.807, 2.05) is 24.3 Å². The fraction of sp³-hybridized carbons (Fsp3) is 0. The minimum atomic E-state index is -0.316. The summed E-state index contributed by atoms with van der Waals surface area (Å²) in [6.45, 7) is 0. The van der Waals surface area contributed by atoms with Crippen LogP contribution >= 0.6 is 46.1 Å². The molecule has 7 heteroatoms. The Hall–Kier alpha value is -2.11. The molecule has 0 aliphatic carbocycles. The maximum Gasteiger partial charge on any atom is 0.255 e. The fourth-order valence-corrected chi connectivity index (χ4v) is 4.39. The first-order valence-electron chi connectivity index (χ1n) is 7.93. The second-order valence-corrected chi connectivity index (χ2v) is 8.07. The first-order chi connectivity index (χ1) is 13.0. The lowest BCUT2D eigenvalue weighted by atomic mass is 10.1. The smallest absolute Gasteiger partial charge is 0.255 e. The van der Waals surface area contributed by atoms with Gasteiger partial charge in [-0.1, -0.05) is 53.0 Å². The van der Waals surface area contributed by atoms with Gasteiger partial charge < -0.3 is 5.32 Å². The molecule has 27 heavy (non-hydrogen) atoms. The van der Waals surface area contributed by atoms with Crippen molar-refractivity contribution in [2.75, 3.05) is 5.32 Å². The highest BCUT2D eigenvalue weighted by molar-refractivity contribution is 7.21. The Morgan fingerprint density at radius 3 is 2.52 bits per heavy atom.